The molecule has 1 N–H and O–H groups in total. The van der Waals surface area contributed by atoms with Gasteiger partial charge >= 0.3 is 5.97 Å². The maximum absolute atomic E-state index is 13.7. The average molecular weight is 207 g/mol. The van der Waals surface area contributed by atoms with E-state index in [-0.39, 0.29) is 5.69 Å². The molecule has 0 aromatic carbocycles. The van der Waals surface area contributed by atoms with Crippen molar-refractivity contribution in [2.75, 3.05) is 0 Å². The minimum absolute atomic E-state index is 0.289. The molecule has 0 amide bonds. The Labute approximate surface area is 85.8 Å². The van der Waals surface area contributed by atoms with Crippen LogP contribution in [-0.4, -0.2) is 15.5 Å². The smallest absolute Gasteiger partial charge is 0.355 e. The standard InChI is InChI=1S/C11H10FNO2/c1-2-7-8-5-3-4-6-13(8)10(9(7)12)11(14)15/h3-6H,2H2,1H3,(H,14,15). The summed E-state index contributed by atoms with van der Waals surface area (Å²) < 4.78 is 15.1. The van der Waals surface area contributed by atoms with E-state index in [1.165, 1.54) is 4.40 Å². The number of pyridine rings is 1. The highest BCUT2D eigenvalue weighted by Gasteiger charge is 2.21. The predicted octanol–water partition coefficient (Wildman–Crippen LogP) is 2.34. The van der Waals surface area contributed by atoms with E-state index >= 15 is 0 Å². The van der Waals surface area contributed by atoms with Crippen molar-refractivity contribution in [2.24, 2.45) is 0 Å². The number of aromatic carboxylic acids is 1. The third-order valence-electron chi connectivity index (χ3n) is 2.44. The average Bonchev–Trinajstić information content (AvgIpc) is 2.49. The van der Waals surface area contributed by atoms with Crippen LogP contribution in [-0.2, 0) is 6.42 Å². The first-order chi connectivity index (χ1) is 7.16. The minimum atomic E-state index is -1.24. The van der Waals surface area contributed by atoms with Crippen molar-refractivity contribution >= 4 is 11.5 Å². The van der Waals surface area contributed by atoms with Gasteiger partial charge in [-0.3, -0.25) is 0 Å². The summed E-state index contributed by atoms with van der Waals surface area (Å²) in [4.78, 5) is 10.9. The Hall–Kier alpha value is -1.84. The third-order valence-corrected chi connectivity index (χ3v) is 2.44. The van der Waals surface area contributed by atoms with Gasteiger partial charge in [0.05, 0.1) is 5.52 Å². The van der Waals surface area contributed by atoms with Crippen LogP contribution < -0.4 is 0 Å². The van der Waals surface area contributed by atoms with Crippen molar-refractivity contribution in [3.63, 3.8) is 0 Å². The number of carboxylic acid groups (broad SMARTS) is 1. The SMILES string of the molecule is CCc1c(F)c(C(=O)O)n2ccccc12. The second-order valence-corrected chi connectivity index (χ2v) is 3.26. The molecule has 2 aromatic rings. The highest BCUT2D eigenvalue weighted by molar-refractivity contribution is 5.89. The Bertz CT molecular complexity index is 531. The van der Waals surface area contributed by atoms with Gasteiger partial charge in [0, 0.05) is 11.8 Å². The summed E-state index contributed by atoms with van der Waals surface area (Å²) in [6.45, 7) is 1.80. The van der Waals surface area contributed by atoms with E-state index in [1.54, 1.807) is 31.3 Å². The normalized spacial score (nSPS) is 10.8. The van der Waals surface area contributed by atoms with E-state index in [1.807, 2.05) is 0 Å². The number of carbonyl (C=O) groups is 1. The summed E-state index contributed by atoms with van der Waals surface area (Å²) in [5.41, 5.74) is 0.783. The third kappa shape index (κ3) is 1.29. The van der Waals surface area contributed by atoms with Gasteiger partial charge in [-0.25, -0.2) is 9.18 Å². The maximum Gasteiger partial charge on any atom is 0.355 e. The predicted molar refractivity (Wildman–Crippen MR) is 53.7 cm³/mol. The molecule has 2 heterocycles. The molecule has 2 aromatic heterocycles. The zero-order valence-electron chi connectivity index (χ0n) is 8.20. The van der Waals surface area contributed by atoms with Crippen LogP contribution in [0.4, 0.5) is 4.39 Å². The summed E-state index contributed by atoms with van der Waals surface area (Å²) in [5.74, 6) is -1.87. The molecular weight excluding hydrogens is 197 g/mol. The van der Waals surface area contributed by atoms with Gasteiger partial charge in [-0.1, -0.05) is 13.0 Å². The minimum Gasteiger partial charge on any atom is -0.476 e. The molecule has 0 aliphatic heterocycles. The van der Waals surface area contributed by atoms with E-state index < -0.39 is 11.8 Å². The molecule has 0 spiro atoms. The monoisotopic (exact) mass is 207 g/mol. The van der Waals surface area contributed by atoms with Gasteiger partial charge in [0.15, 0.2) is 11.5 Å². The quantitative estimate of drug-likeness (QED) is 0.821. The van der Waals surface area contributed by atoms with E-state index in [9.17, 15) is 9.18 Å². The number of halogens is 1. The lowest BCUT2D eigenvalue weighted by atomic mass is 10.2. The van der Waals surface area contributed by atoms with Crippen molar-refractivity contribution < 1.29 is 14.3 Å². The fourth-order valence-corrected chi connectivity index (χ4v) is 1.78. The fourth-order valence-electron chi connectivity index (χ4n) is 1.78. The van der Waals surface area contributed by atoms with Crippen molar-refractivity contribution in [3.8, 4) is 0 Å². The highest BCUT2D eigenvalue weighted by atomic mass is 19.1. The lowest BCUT2D eigenvalue weighted by Gasteiger charge is -1.96. The van der Waals surface area contributed by atoms with E-state index in [2.05, 4.69) is 0 Å². The van der Waals surface area contributed by atoms with E-state index in [4.69, 9.17) is 5.11 Å². The van der Waals surface area contributed by atoms with Crippen LogP contribution >= 0.6 is 0 Å². The van der Waals surface area contributed by atoms with Crippen LogP contribution in [0.5, 0.6) is 0 Å². The van der Waals surface area contributed by atoms with Crippen molar-refractivity contribution in [1.82, 2.24) is 4.40 Å². The number of hydrogen-bond donors (Lipinski definition) is 1. The zero-order chi connectivity index (χ0) is 11.0. The van der Waals surface area contributed by atoms with Gasteiger partial charge in [0.25, 0.3) is 0 Å². The number of hydrogen-bond acceptors (Lipinski definition) is 1. The molecule has 0 aliphatic carbocycles. The molecule has 0 atom stereocenters. The highest BCUT2D eigenvalue weighted by Crippen LogP contribution is 2.22. The molecule has 0 saturated carbocycles. The van der Waals surface area contributed by atoms with Gasteiger partial charge in [0.2, 0.25) is 0 Å². The van der Waals surface area contributed by atoms with Crippen LogP contribution in [0.15, 0.2) is 24.4 Å². The van der Waals surface area contributed by atoms with Crippen LogP contribution in [0.1, 0.15) is 23.0 Å². The first-order valence-corrected chi connectivity index (χ1v) is 4.67. The van der Waals surface area contributed by atoms with Gasteiger partial charge in [-0.15, -0.1) is 0 Å². The summed E-state index contributed by atoms with van der Waals surface area (Å²) in [6.07, 6.45) is 2.04. The van der Waals surface area contributed by atoms with E-state index in [0.29, 0.717) is 17.5 Å². The lowest BCUT2D eigenvalue weighted by molar-refractivity contribution is 0.0684. The molecule has 0 saturated heterocycles. The number of carboxylic acids is 1. The lowest BCUT2D eigenvalue weighted by Crippen LogP contribution is -2.03. The number of nitrogens with zero attached hydrogens (tertiary/aromatic N) is 1. The van der Waals surface area contributed by atoms with Crippen LogP contribution in [0.3, 0.4) is 0 Å². The summed E-state index contributed by atoms with van der Waals surface area (Å²) >= 11 is 0. The molecule has 78 valence electrons. The summed E-state index contributed by atoms with van der Waals surface area (Å²) in [7, 11) is 0. The molecular formula is C11H10FNO2. The molecule has 0 bridgehead atoms. The first-order valence-electron chi connectivity index (χ1n) is 4.67. The molecule has 0 unspecified atom stereocenters. The molecule has 0 aliphatic rings. The Morgan fingerprint density at radius 3 is 2.87 bits per heavy atom. The Balaban J connectivity index is 2.91. The number of rotatable bonds is 2. The Morgan fingerprint density at radius 1 is 1.53 bits per heavy atom. The topological polar surface area (TPSA) is 41.7 Å². The molecule has 0 fully saturated rings. The zero-order valence-corrected chi connectivity index (χ0v) is 8.20. The van der Waals surface area contributed by atoms with Crippen molar-refractivity contribution in [2.45, 2.75) is 13.3 Å². The molecule has 0 radical (unpaired) electrons. The van der Waals surface area contributed by atoms with Gasteiger partial charge in [0.1, 0.15) is 0 Å². The van der Waals surface area contributed by atoms with Crippen LogP contribution in [0.2, 0.25) is 0 Å². The first kappa shape index (κ1) is 9.71. The summed E-state index contributed by atoms with van der Waals surface area (Å²) in [5, 5.41) is 8.91. The second kappa shape index (κ2) is 3.38. The number of aromatic nitrogens is 1. The fraction of sp³-hybridized carbons (Fsp3) is 0.182. The van der Waals surface area contributed by atoms with Crippen molar-refractivity contribution in [3.05, 3.63) is 41.5 Å². The second-order valence-electron chi connectivity index (χ2n) is 3.26. The molecule has 4 heteroatoms. The molecule has 2 rings (SSSR count). The summed E-state index contributed by atoms with van der Waals surface area (Å²) in [6, 6.07) is 5.16. The van der Waals surface area contributed by atoms with Gasteiger partial charge in [-0.05, 0) is 18.6 Å². The number of aryl methyl sites for hydroxylation is 1. The van der Waals surface area contributed by atoms with Gasteiger partial charge < -0.3 is 9.51 Å². The molecule has 3 nitrogen and oxygen atoms in total. The maximum atomic E-state index is 13.7. The largest absolute Gasteiger partial charge is 0.476 e. The van der Waals surface area contributed by atoms with Crippen LogP contribution in [0.25, 0.3) is 5.52 Å². The van der Waals surface area contributed by atoms with Crippen LogP contribution in [0, 0.1) is 5.82 Å². The molecule has 15 heavy (non-hydrogen) atoms. The Morgan fingerprint density at radius 2 is 2.27 bits per heavy atom. The van der Waals surface area contributed by atoms with E-state index in [0.717, 1.165) is 0 Å². The van der Waals surface area contributed by atoms with Gasteiger partial charge in [-0.2, -0.15) is 0 Å². The number of fused-ring (bicyclic) bond motifs is 1. The Kier molecular flexibility index (Phi) is 2.19. The van der Waals surface area contributed by atoms with Crippen molar-refractivity contribution in [1.29, 1.82) is 0 Å².